The zero-order chi connectivity index (χ0) is 13.8. The van der Waals surface area contributed by atoms with Crippen LogP contribution in [0.15, 0.2) is 22.7 Å². The molecule has 3 nitrogen and oxygen atoms in total. The zero-order valence-corrected chi connectivity index (χ0v) is 14.5. The quantitative estimate of drug-likeness (QED) is 0.731. The minimum absolute atomic E-state index is 0.0140. The molecule has 2 rings (SSSR count). The molecule has 0 bridgehead atoms. The number of nitrogens with one attached hydrogen (secondary N) is 1. The van der Waals surface area contributed by atoms with E-state index >= 15 is 0 Å². The van der Waals surface area contributed by atoms with Crippen LogP contribution in [0.4, 0.5) is 0 Å². The van der Waals surface area contributed by atoms with Gasteiger partial charge in [0.15, 0.2) is 0 Å². The Labute approximate surface area is 135 Å². The lowest BCUT2D eigenvalue weighted by Gasteiger charge is -2.28. The van der Waals surface area contributed by atoms with E-state index in [4.69, 9.17) is 4.74 Å². The zero-order valence-electron chi connectivity index (χ0n) is 10.8. The van der Waals surface area contributed by atoms with E-state index in [1.165, 1.54) is 0 Å². The summed E-state index contributed by atoms with van der Waals surface area (Å²) in [6.07, 6.45) is 4.40. The minimum atomic E-state index is 0.0140. The van der Waals surface area contributed by atoms with Crippen LogP contribution in [0.2, 0.25) is 0 Å². The van der Waals surface area contributed by atoms with E-state index in [0.717, 1.165) is 33.7 Å². The van der Waals surface area contributed by atoms with Crippen LogP contribution in [0.5, 0.6) is 0 Å². The number of halogens is 2. The average Bonchev–Trinajstić information content (AvgIpc) is 2.38. The van der Waals surface area contributed by atoms with Crippen molar-refractivity contribution in [3.05, 3.63) is 31.8 Å². The molecule has 1 aromatic carbocycles. The summed E-state index contributed by atoms with van der Waals surface area (Å²) in [6.45, 7) is 0. The fraction of sp³-hybridized carbons (Fsp3) is 0.500. The smallest absolute Gasteiger partial charge is 0.251 e. The molecule has 0 heterocycles. The maximum Gasteiger partial charge on any atom is 0.251 e. The number of hydrogen-bond donors (Lipinski definition) is 1. The minimum Gasteiger partial charge on any atom is -0.381 e. The topological polar surface area (TPSA) is 38.3 Å². The Bertz CT molecular complexity index is 439. The van der Waals surface area contributed by atoms with Crippen molar-refractivity contribution in [2.75, 3.05) is 7.11 Å². The van der Waals surface area contributed by atoms with Crippen LogP contribution in [-0.4, -0.2) is 25.2 Å². The van der Waals surface area contributed by atoms with E-state index in [2.05, 4.69) is 43.8 Å². The molecule has 1 aliphatic rings. The lowest BCUT2D eigenvalue weighted by molar-refractivity contribution is 0.0599. The normalized spacial score (nSPS) is 23.1. The third kappa shape index (κ3) is 4.43. The molecule has 1 aromatic rings. The van der Waals surface area contributed by atoms with Gasteiger partial charge in [0, 0.05) is 26.8 Å². The van der Waals surface area contributed by atoms with Gasteiger partial charge in [0.1, 0.15) is 0 Å². The number of carbonyl (C=O) groups is 1. The van der Waals surface area contributed by atoms with Gasteiger partial charge < -0.3 is 10.1 Å². The molecule has 19 heavy (non-hydrogen) atoms. The summed E-state index contributed by atoms with van der Waals surface area (Å²) < 4.78 is 7.33. The SMILES string of the molecule is COC1CCC(NC(=O)c2cc(Br)cc(I)c2)CC1. The highest BCUT2D eigenvalue weighted by Crippen LogP contribution is 2.22. The van der Waals surface area contributed by atoms with Gasteiger partial charge in [-0.1, -0.05) is 15.9 Å². The van der Waals surface area contributed by atoms with Crippen LogP contribution in [-0.2, 0) is 4.74 Å². The van der Waals surface area contributed by atoms with Gasteiger partial charge in [0.05, 0.1) is 6.10 Å². The van der Waals surface area contributed by atoms with E-state index in [1.54, 1.807) is 7.11 Å². The molecule has 0 aliphatic heterocycles. The van der Waals surface area contributed by atoms with Gasteiger partial charge in [-0.15, -0.1) is 0 Å². The highest BCUT2D eigenvalue weighted by Gasteiger charge is 2.22. The molecule has 0 unspecified atom stereocenters. The second kappa shape index (κ2) is 7.04. The van der Waals surface area contributed by atoms with Crippen LogP contribution in [0.1, 0.15) is 36.0 Å². The second-order valence-electron chi connectivity index (χ2n) is 4.84. The van der Waals surface area contributed by atoms with Crippen molar-refractivity contribution in [1.82, 2.24) is 5.32 Å². The molecule has 104 valence electrons. The van der Waals surface area contributed by atoms with Crippen LogP contribution in [0.3, 0.4) is 0 Å². The van der Waals surface area contributed by atoms with Gasteiger partial charge in [-0.25, -0.2) is 0 Å². The van der Waals surface area contributed by atoms with Crippen molar-refractivity contribution >= 4 is 44.4 Å². The largest absolute Gasteiger partial charge is 0.381 e. The molecule has 1 saturated carbocycles. The summed E-state index contributed by atoms with van der Waals surface area (Å²) in [5, 5.41) is 3.12. The van der Waals surface area contributed by atoms with Gasteiger partial charge >= 0.3 is 0 Å². The molecule has 0 atom stereocenters. The van der Waals surface area contributed by atoms with Gasteiger partial charge in [-0.05, 0) is 66.5 Å². The Balaban J connectivity index is 1.94. The number of carbonyl (C=O) groups excluding carboxylic acids is 1. The van der Waals surface area contributed by atoms with Crippen LogP contribution < -0.4 is 5.32 Å². The summed E-state index contributed by atoms with van der Waals surface area (Å²) in [7, 11) is 1.76. The molecule has 1 N–H and O–H groups in total. The summed E-state index contributed by atoms with van der Waals surface area (Å²) in [5.41, 5.74) is 0.715. The third-order valence-electron chi connectivity index (χ3n) is 3.47. The van der Waals surface area contributed by atoms with Crippen molar-refractivity contribution in [1.29, 1.82) is 0 Å². The highest BCUT2D eigenvalue weighted by atomic mass is 127. The fourth-order valence-corrected chi connectivity index (χ4v) is 3.99. The number of amides is 1. The summed E-state index contributed by atoms with van der Waals surface area (Å²) in [4.78, 5) is 12.2. The van der Waals surface area contributed by atoms with E-state index in [1.807, 2.05) is 18.2 Å². The number of rotatable bonds is 3. The maximum atomic E-state index is 12.2. The number of ether oxygens (including phenoxy) is 1. The molecule has 1 aliphatic carbocycles. The lowest BCUT2D eigenvalue weighted by atomic mass is 9.93. The predicted octanol–water partition coefficient (Wildman–Crippen LogP) is 3.74. The van der Waals surface area contributed by atoms with Crippen molar-refractivity contribution in [3.63, 3.8) is 0 Å². The Hall–Kier alpha value is -0.140. The Morgan fingerprint density at radius 2 is 2.00 bits per heavy atom. The third-order valence-corrected chi connectivity index (χ3v) is 4.55. The fourth-order valence-electron chi connectivity index (χ4n) is 2.40. The van der Waals surface area contributed by atoms with Gasteiger partial charge in [0.25, 0.3) is 5.91 Å². The lowest BCUT2D eigenvalue weighted by Crippen LogP contribution is -2.38. The second-order valence-corrected chi connectivity index (χ2v) is 7.00. The average molecular weight is 438 g/mol. The summed E-state index contributed by atoms with van der Waals surface area (Å²) >= 11 is 5.64. The molecule has 0 radical (unpaired) electrons. The van der Waals surface area contributed by atoms with E-state index < -0.39 is 0 Å². The maximum absolute atomic E-state index is 12.2. The Kier molecular flexibility index (Phi) is 5.65. The predicted molar refractivity (Wildman–Crippen MR) is 87.4 cm³/mol. The van der Waals surface area contributed by atoms with E-state index in [0.29, 0.717) is 11.7 Å². The molecule has 1 fully saturated rings. The van der Waals surface area contributed by atoms with Gasteiger partial charge in [0.2, 0.25) is 0 Å². The molecule has 0 saturated heterocycles. The van der Waals surface area contributed by atoms with Crippen molar-refractivity contribution in [2.24, 2.45) is 0 Å². The van der Waals surface area contributed by atoms with E-state index in [9.17, 15) is 4.79 Å². The first kappa shape index (κ1) is 15.3. The van der Waals surface area contributed by atoms with Gasteiger partial charge in [-0.2, -0.15) is 0 Å². The van der Waals surface area contributed by atoms with Crippen molar-refractivity contribution in [3.8, 4) is 0 Å². The Morgan fingerprint density at radius 3 is 2.58 bits per heavy atom. The van der Waals surface area contributed by atoms with E-state index in [-0.39, 0.29) is 11.9 Å². The molecule has 0 spiro atoms. The number of hydrogen-bond acceptors (Lipinski definition) is 2. The summed E-state index contributed by atoms with van der Waals surface area (Å²) in [5.74, 6) is 0.0140. The first-order valence-corrected chi connectivity index (χ1v) is 8.25. The first-order valence-electron chi connectivity index (χ1n) is 6.38. The molecule has 5 heteroatoms. The Morgan fingerprint density at radius 1 is 1.32 bits per heavy atom. The van der Waals surface area contributed by atoms with Crippen LogP contribution in [0, 0.1) is 3.57 Å². The van der Waals surface area contributed by atoms with Crippen molar-refractivity contribution in [2.45, 2.75) is 37.8 Å². The van der Waals surface area contributed by atoms with Crippen LogP contribution in [0.25, 0.3) is 0 Å². The molecular formula is C14H17BrINO2. The molecule has 1 amide bonds. The highest BCUT2D eigenvalue weighted by molar-refractivity contribution is 14.1. The first-order chi connectivity index (χ1) is 9.08. The summed E-state index contributed by atoms with van der Waals surface area (Å²) in [6, 6.07) is 6.02. The van der Waals surface area contributed by atoms with Gasteiger partial charge in [-0.3, -0.25) is 4.79 Å². The molecule has 0 aromatic heterocycles. The monoisotopic (exact) mass is 437 g/mol. The van der Waals surface area contributed by atoms with Crippen molar-refractivity contribution < 1.29 is 9.53 Å². The number of benzene rings is 1. The molecular weight excluding hydrogens is 421 g/mol. The van der Waals surface area contributed by atoms with Crippen LogP contribution >= 0.6 is 38.5 Å². The number of methoxy groups -OCH3 is 1. The standard InChI is InChI=1S/C14H17BrINO2/c1-19-13-4-2-12(3-5-13)17-14(18)9-6-10(15)8-11(16)7-9/h6-8,12-13H,2-5H2,1H3,(H,17,18).